The SMILES string of the molecule is CO[C@@H]1CCCN1c1ncc(C(=O)O)cn1. The second-order valence-corrected chi connectivity index (χ2v) is 3.60. The van der Waals surface area contributed by atoms with E-state index in [1.807, 2.05) is 4.90 Å². The highest BCUT2D eigenvalue weighted by Gasteiger charge is 2.26. The summed E-state index contributed by atoms with van der Waals surface area (Å²) in [6, 6.07) is 0. The second-order valence-electron chi connectivity index (χ2n) is 3.60. The van der Waals surface area contributed by atoms with Gasteiger partial charge in [-0.05, 0) is 12.8 Å². The average Bonchev–Trinajstić information content (AvgIpc) is 2.77. The normalized spacial score (nSPS) is 20.1. The molecule has 0 amide bonds. The minimum atomic E-state index is -1.02. The summed E-state index contributed by atoms with van der Waals surface area (Å²) in [4.78, 5) is 20.6. The Bertz CT molecular complexity index is 379. The third-order valence-electron chi connectivity index (χ3n) is 2.61. The number of methoxy groups -OCH3 is 1. The predicted octanol–water partition coefficient (Wildman–Crippen LogP) is 0.748. The van der Waals surface area contributed by atoms with Crippen LogP contribution < -0.4 is 4.90 Å². The topological polar surface area (TPSA) is 75.5 Å². The molecule has 1 aromatic rings. The Morgan fingerprint density at radius 2 is 2.25 bits per heavy atom. The van der Waals surface area contributed by atoms with Crippen molar-refractivity contribution in [1.82, 2.24) is 9.97 Å². The van der Waals surface area contributed by atoms with Crippen LogP contribution >= 0.6 is 0 Å². The van der Waals surface area contributed by atoms with Crippen LogP contribution in [0.15, 0.2) is 12.4 Å². The molecule has 1 aliphatic heterocycles. The monoisotopic (exact) mass is 223 g/mol. The summed E-state index contributed by atoms with van der Waals surface area (Å²) in [6.07, 6.45) is 4.60. The lowest BCUT2D eigenvalue weighted by Gasteiger charge is -2.22. The van der Waals surface area contributed by atoms with E-state index in [-0.39, 0.29) is 11.8 Å². The molecule has 2 heterocycles. The number of anilines is 1. The highest BCUT2D eigenvalue weighted by molar-refractivity contribution is 5.86. The van der Waals surface area contributed by atoms with Crippen molar-refractivity contribution in [1.29, 1.82) is 0 Å². The van der Waals surface area contributed by atoms with E-state index >= 15 is 0 Å². The summed E-state index contributed by atoms with van der Waals surface area (Å²) >= 11 is 0. The Morgan fingerprint density at radius 3 is 2.81 bits per heavy atom. The van der Waals surface area contributed by atoms with E-state index < -0.39 is 5.97 Å². The molecule has 16 heavy (non-hydrogen) atoms. The van der Waals surface area contributed by atoms with E-state index in [1.165, 1.54) is 12.4 Å². The molecule has 0 radical (unpaired) electrons. The van der Waals surface area contributed by atoms with Crippen LogP contribution in [0, 0.1) is 0 Å². The number of rotatable bonds is 3. The van der Waals surface area contributed by atoms with Crippen LogP contribution in [0.25, 0.3) is 0 Å². The zero-order valence-corrected chi connectivity index (χ0v) is 8.96. The van der Waals surface area contributed by atoms with Gasteiger partial charge in [-0.3, -0.25) is 0 Å². The molecule has 0 aliphatic carbocycles. The Hall–Kier alpha value is -1.69. The zero-order chi connectivity index (χ0) is 11.5. The lowest BCUT2D eigenvalue weighted by molar-refractivity contribution is 0.0696. The van der Waals surface area contributed by atoms with Gasteiger partial charge in [-0.1, -0.05) is 0 Å². The molecule has 0 spiro atoms. The van der Waals surface area contributed by atoms with E-state index in [2.05, 4.69) is 9.97 Å². The fraction of sp³-hybridized carbons (Fsp3) is 0.500. The fourth-order valence-electron chi connectivity index (χ4n) is 1.79. The van der Waals surface area contributed by atoms with Gasteiger partial charge in [-0.15, -0.1) is 0 Å². The van der Waals surface area contributed by atoms with Gasteiger partial charge < -0.3 is 14.7 Å². The maximum atomic E-state index is 10.6. The summed E-state index contributed by atoms with van der Waals surface area (Å²) in [5.74, 6) is -0.495. The first kappa shape index (κ1) is 10.8. The molecule has 0 saturated carbocycles. The molecule has 1 atom stereocenters. The average molecular weight is 223 g/mol. The van der Waals surface area contributed by atoms with Crippen molar-refractivity contribution < 1.29 is 14.6 Å². The third kappa shape index (κ3) is 1.96. The summed E-state index contributed by atoms with van der Waals surface area (Å²) in [5, 5.41) is 8.72. The van der Waals surface area contributed by atoms with Crippen molar-refractivity contribution in [2.24, 2.45) is 0 Å². The highest BCUT2D eigenvalue weighted by atomic mass is 16.5. The lowest BCUT2D eigenvalue weighted by atomic mass is 10.3. The Kier molecular flexibility index (Phi) is 3.00. The Labute approximate surface area is 92.9 Å². The van der Waals surface area contributed by atoms with Gasteiger partial charge >= 0.3 is 5.97 Å². The van der Waals surface area contributed by atoms with E-state index in [1.54, 1.807) is 7.11 Å². The predicted molar refractivity (Wildman–Crippen MR) is 56.4 cm³/mol. The Balaban J connectivity index is 2.18. The summed E-state index contributed by atoms with van der Waals surface area (Å²) in [7, 11) is 1.65. The molecule has 1 aromatic heterocycles. The number of carboxylic acids is 1. The first-order valence-electron chi connectivity index (χ1n) is 5.07. The second kappa shape index (κ2) is 4.44. The quantitative estimate of drug-likeness (QED) is 0.814. The van der Waals surface area contributed by atoms with Crippen LogP contribution in [-0.2, 0) is 4.74 Å². The Morgan fingerprint density at radius 1 is 1.56 bits per heavy atom. The molecular formula is C10H13N3O3. The molecule has 0 unspecified atom stereocenters. The van der Waals surface area contributed by atoms with Gasteiger partial charge in [0.1, 0.15) is 6.23 Å². The van der Waals surface area contributed by atoms with Crippen molar-refractivity contribution in [2.75, 3.05) is 18.6 Å². The highest BCUT2D eigenvalue weighted by Crippen LogP contribution is 2.22. The standard InChI is InChI=1S/C10H13N3O3/c1-16-8-3-2-4-13(8)10-11-5-7(6-12-10)9(14)15/h5-6,8H,2-4H2,1H3,(H,14,15)/t8-/m1/s1. The van der Waals surface area contributed by atoms with Crippen molar-refractivity contribution in [2.45, 2.75) is 19.1 Å². The van der Waals surface area contributed by atoms with Crippen molar-refractivity contribution in [3.8, 4) is 0 Å². The van der Waals surface area contributed by atoms with Crippen LogP contribution in [0.4, 0.5) is 5.95 Å². The number of nitrogens with zero attached hydrogens (tertiary/aromatic N) is 3. The zero-order valence-electron chi connectivity index (χ0n) is 8.96. The summed E-state index contributed by atoms with van der Waals surface area (Å²) in [5.41, 5.74) is 0.0944. The molecule has 1 aliphatic rings. The molecule has 86 valence electrons. The first-order valence-corrected chi connectivity index (χ1v) is 5.07. The number of ether oxygens (including phenoxy) is 1. The van der Waals surface area contributed by atoms with Crippen molar-refractivity contribution >= 4 is 11.9 Å². The number of carbonyl (C=O) groups is 1. The number of carboxylic acid groups (broad SMARTS) is 1. The number of aromatic nitrogens is 2. The molecule has 6 nitrogen and oxygen atoms in total. The molecule has 6 heteroatoms. The van der Waals surface area contributed by atoms with Crippen LogP contribution in [0.5, 0.6) is 0 Å². The van der Waals surface area contributed by atoms with Gasteiger partial charge in [0.15, 0.2) is 0 Å². The van der Waals surface area contributed by atoms with Crippen LogP contribution in [-0.4, -0.2) is 40.9 Å². The molecular weight excluding hydrogens is 210 g/mol. The van der Waals surface area contributed by atoms with Crippen LogP contribution in [0.3, 0.4) is 0 Å². The molecule has 2 rings (SSSR count). The van der Waals surface area contributed by atoms with Gasteiger partial charge in [0.05, 0.1) is 5.56 Å². The van der Waals surface area contributed by atoms with Crippen molar-refractivity contribution in [3.63, 3.8) is 0 Å². The maximum absolute atomic E-state index is 10.6. The fourth-order valence-corrected chi connectivity index (χ4v) is 1.79. The number of hydrogen-bond donors (Lipinski definition) is 1. The molecule has 0 aromatic carbocycles. The first-order chi connectivity index (χ1) is 7.72. The molecule has 1 N–H and O–H groups in total. The molecule has 0 bridgehead atoms. The molecule has 1 saturated heterocycles. The van der Waals surface area contributed by atoms with Crippen molar-refractivity contribution in [3.05, 3.63) is 18.0 Å². The number of hydrogen-bond acceptors (Lipinski definition) is 5. The smallest absolute Gasteiger partial charge is 0.338 e. The minimum absolute atomic E-state index is 0.00400. The minimum Gasteiger partial charge on any atom is -0.478 e. The van der Waals surface area contributed by atoms with Crippen LogP contribution in [0.1, 0.15) is 23.2 Å². The van der Waals surface area contributed by atoms with Gasteiger partial charge in [-0.2, -0.15) is 0 Å². The molecule has 1 fully saturated rings. The van der Waals surface area contributed by atoms with Crippen LogP contribution in [0.2, 0.25) is 0 Å². The van der Waals surface area contributed by atoms with Gasteiger partial charge in [0.25, 0.3) is 0 Å². The van der Waals surface area contributed by atoms with Gasteiger partial charge in [-0.25, -0.2) is 14.8 Å². The van der Waals surface area contributed by atoms with Gasteiger partial charge in [0.2, 0.25) is 5.95 Å². The third-order valence-corrected chi connectivity index (χ3v) is 2.61. The van der Waals surface area contributed by atoms with E-state index in [9.17, 15) is 4.79 Å². The maximum Gasteiger partial charge on any atom is 0.338 e. The summed E-state index contributed by atoms with van der Waals surface area (Å²) < 4.78 is 5.29. The van der Waals surface area contributed by atoms with E-state index in [0.29, 0.717) is 5.95 Å². The summed E-state index contributed by atoms with van der Waals surface area (Å²) in [6.45, 7) is 0.838. The number of aromatic carboxylic acids is 1. The van der Waals surface area contributed by atoms with E-state index in [4.69, 9.17) is 9.84 Å². The van der Waals surface area contributed by atoms with Gasteiger partial charge in [0, 0.05) is 26.0 Å². The lowest BCUT2D eigenvalue weighted by Crippen LogP contribution is -2.32. The van der Waals surface area contributed by atoms with E-state index in [0.717, 1.165) is 19.4 Å². The largest absolute Gasteiger partial charge is 0.478 e.